The quantitative estimate of drug-likeness (QED) is 0.888. The van der Waals surface area contributed by atoms with Gasteiger partial charge in [-0.2, -0.15) is 0 Å². The van der Waals surface area contributed by atoms with Crippen molar-refractivity contribution >= 4 is 11.7 Å². The fraction of sp³-hybridized carbons (Fsp3) is 0.312. The molecule has 0 aliphatic heterocycles. The van der Waals surface area contributed by atoms with E-state index in [0.29, 0.717) is 11.4 Å². The van der Waals surface area contributed by atoms with Crippen LogP contribution in [0.1, 0.15) is 36.7 Å². The second-order valence-electron chi connectivity index (χ2n) is 6.06. The molecular weight excluding hydrogens is 264 g/mol. The predicted molar refractivity (Wildman–Crippen MR) is 83.8 cm³/mol. The van der Waals surface area contributed by atoms with Crippen LogP contribution in [0.2, 0.25) is 0 Å². The third kappa shape index (κ3) is 3.78. The molecule has 1 aromatic carbocycles. The van der Waals surface area contributed by atoms with E-state index in [1.54, 1.807) is 0 Å². The van der Waals surface area contributed by atoms with Gasteiger partial charge in [-0.1, -0.05) is 29.8 Å². The van der Waals surface area contributed by atoms with Crippen LogP contribution in [0.3, 0.4) is 0 Å². The van der Waals surface area contributed by atoms with Crippen molar-refractivity contribution in [1.29, 1.82) is 0 Å². The van der Waals surface area contributed by atoms with Gasteiger partial charge in [-0.3, -0.25) is 4.79 Å². The van der Waals surface area contributed by atoms with Crippen LogP contribution in [0.5, 0.6) is 0 Å². The summed E-state index contributed by atoms with van der Waals surface area (Å²) in [5.41, 5.74) is 7.89. The van der Waals surface area contributed by atoms with Gasteiger partial charge in [0.2, 0.25) is 0 Å². The summed E-state index contributed by atoms with van der Waals surface area (Å²) in [4.78, 5) is 20.6. The molecule has 0 bridgehead atoms. The molecule has 0 spiro atoms. The first-order valence-electron chi connectivity index (χ1n) is 6.78. The summed E-state index contributed by atoms with van der Waals surface area (Å²) in [6.45, 7) is 7.73. The second kappa shape index (κ2) is 5.52. The van der Waals surface area contributed by atoms with Gasteiger partial charge in [0, 0.05) is 17.3 Å². The molecule has 1 amide bonds. The maximum absolute atomic E-state index is 12.1. The normalized spacial score (nSPS) is 11.2. The van der Waals surface area contributed by atoms with E-state index >= 15 is 0 Å². The molecule has 0 unspecified atom stereocenters. The highest BCUT2D eigenvalue weighted by molar-refractivity contribution is 5.98. The van der Waals surface area contributed by atoms with Crippen LogP contribution in [-0.2, 0) is 0 Å². The lowest BCUT2D eigenvalue weighted by molar-refractivity contribution is 0.0920. The Balaban J connectivity index is 2.29. The molecule has 0 saturated carbocycles. The van der Waals surface area contributed by atoms with Crippen molar-refractivity contribution in [3.8, 4) is 11.4 Å². The van der Waals surface area contributed by atoms with E-state index in [4.69, 9.17) is 5.73 Å². The molecule has 0 radical (unpaired) electrons. The van der Waals surface area contributed by atoms with E-state index in [1.807, 2.05) is 52.0 Å². The number of hydrogen-bond acceptors (Lipinski definition) is 4. The van der Waals surface area contributed by atoms with E-state index in [0.717, 1.165) is 11.1 Å². The van der Waals surface area contributed by atoms with Crippen molar-refractivity contribution in [2.24, 2.45) is 0 Å². The minimum atomic E-state index is -0.334. The van der Waals surface area contributed by atoms with E-state index in [-0.39, 0.29) is 17.3 Å². The zero-order chi connectivity index (χ0) is 15.6. The summed E-state index contributed by atoms with van der Waals surface area (Å²) in [6.07, 6.45) is 1.47. The SMILES string of the molecule is Cc1ccc(-c2ncc(C(=O)NC(C)(C)C)c(N)n2)cc1. The number of nitrogens with one attached hydrogen (secondary N) is 1. The highest BCUT2D eigenvalue weighted by atomic mass is 16.1. The Morgan fingerprint density at radius 1 is 1.19 bits per heavy atom. The van der Waals surface area contributed by atoms with Gasteiger partial charge >= 0.3 is 0 Å². The number of nitrogens with zero attached hydrogens (tertiary/aromatic N) is 2. The number of aromatic nitrogens is 2. The lowest BCUT2D eigenvalue weighted by Crippen LogP contribution is -2.41. The number of anilines is 1. The summed E-state index contributed by atoms with van der Waals surface area (Å²) < 4.78 is 0. The Bertz CT molecular complexity index is 657. The summed E-state index contributed by atoms with van der Waals surface area (Å²) in [5, 5.41) is 2.84. The smallest absolute Gasteiger partial charge is 0.257 e. The van der Waals surface area contributed by atoms with Gasteiger partial charge in [-0.15, -0.1) is 0 Å². The number of aryl methyl sites for hydroxylation is 1. The number of carbonyl (C=O) groups is 1. The van der Waals surface area contributed by atoms with E-state index in [1.165, 1.54) is 6.20 Å². The Kier molecular flexibility index (Phi) is 3.93. The third-order valence-corrected chi connectivity index (χ3v) is 2.86. The molecule has 0 fully saturated rings. The van der Waals surface area contributed by atoms with Crippen molar-refractivity contribution in [1.82, 2.24) is 15.3 Å². The minimum absolute atomic E-state index is 0.183. The maximum atomic E-state index is 12.1. The van der Waals surface area contributed by atoms with Crippen LogP contribution in [0.25, 0.3) is 11.4 Å². The van der Waals surface area contributed by atoms with E-state index < -0.39 is 0 Å². The van der Waals surface area contributed by atoms with E-state index in [9.17, 15) is 4.79 Å². The summed E-state index contributed by atoms with van der Waals surface area (Å²) >= 11 is 0. The standard InChI is InChI=1S/C16H20N4O/c1-10-5-7-11(8-6-10)14-18-9-12(13(17)19-14)15(21)20-16(2,3)4/h5-9H,1-4H3,(H,20,21)(H2,17,18,19). The molecule has 2 rings (SSSR count). The molecule has 0 saturated heterocycles. The van der Waals surface area contributed by atoms with Crippen molar-refractivity contribution in [2.45, 2.75) is 33.2 Å². The molecular formula is C16H20N4O. The summed E-state index contributed by atoms with van der Waals surface area (Å²) in [5.74, 6) is 0.428. The lowest BCUT2D eigenvalue weighted by Gasteiger charge is -2.20. The van der Waals surface area contributed by atoms with Crippen molar-refractivity contribution in [3.63, 3.8) is 0 Å². The average molecular weight is 284 g/mol. The highest BCUT2D eigenvalue weighted by Gasteiger charge is 2.18. The molecule has 5 nitrogen and oxygen atoms in total. The van der Waals surface area contributed by atoms with Crippen LogP contribution in [0.4, 0.5) is 5.82 Å². The van der Waals surface area contributed by atoms with Crippen LogP contribution < -0.4 is 11.1 Å². The Hall–Kier alpha value is -2.43. The molecule has 3 N–H and O–H groups in total. The molecule has 0 aliphatic carbocycles. The van der Waals surface area contributed by atoms with Crippen LogP contribution in [-0.4, -0.2) is 21.4 Å². The van der Waals surface area contributed by atoms with Gasteiger partial charge in [0.1, 0.15) is 5.82 Å². The fourth-order valence-corrected chi connectivity index (χ4v) is 1.82. The first-order chi connectivity index (χ1) is 9.76. The van der Waals surface area contributed by atoms with Crippen LogP contribution in [0.15, 0.2) is 30.5 Å². The Morgan fingerprint density at radius 2 is 1.81 bits per heavy atom. The molecule has 0 aliphatic rings. The maximum Gasteiger partial charge on any atom is 0.257 e. The first kappa shape index (κ1) is 15.0. The number of rotatable bonds is 2. The lowest BCUT2D eigenvalue weighted by atomic mass is 10.1. The monoisotopic (exact) mass is 284 g/mol. The van der Waals surface area contributed by atoms with Gasteiger partial charge in [0.25, 0.3) is 5.91 Å². The topological polar surface area (TPSA) is 80.9 Å². The van der Waals surface area contributed by atoms with Crippen LogP contribution in [0, 0.1) is 6.92 Å². The number of carbonyl (C=O) groups excluding carboxylic acids is 1. The molecule has 110 valence electrons. The predicted octanol–water partition coefficient (Wildman–Crippen LogP) is 2.56. The van der Waals surface area contributed by atoms with Gasteiger partial charge in [-0.05, 0) is 27.7 Å². The summed E-state index contributed by atoms with van der Waals surface area (Å²) in [7, 11) is 0. The number of benzene rings is 1. The van der Waals surface area contributed by atoms with Gasteiger partial charge in [0.05, 0.1) is 5.56 Å². The van der Waals surface area contributed by atoms with E-state index in [2.05, 4.69) is 15.3 Å². The Morgan fingerprint density at radius 3 is 2.33 bits per heavy atom. The summed E-state index contributed by atoms with van der Waals surface area (Å²) in [6, 6.07) is 7.82. The molecule has 1 aromatic heterocycles. The number of hydrogen-bond donors (Lipinski definition) is 2. The highest BCUT2D eigenvalue weighted by Crippen LogP contribution is 2.18. The van der Waals surface area contributed by atoms with Crippen molar-refractivity contribution < 1.29 is 4.79 Å². The van der Waals surface area contributed by atoms with Crippen LogP contribution >= 0.6 is 0 Å². The first-order valence-corrected chi connectivity index (χ1v) is 6.78. The second-order valence-corrected chi connectivity index (χ2v) is 6.06. The minimum Gasteiger partial charge on any atom is -0.383 e. The number of nitrogens with two attached hydrogens (primary N) is 1. The third-order valence-electron chi connectivity index (χ3n) is 2.86. The number of nitrogen functional groups attached to an aromatic ring is 1. The van der Waals surface area contributed by atoms with Gasteiger partial charge < -0.3 is 11.1 Å². The van der Waals surface area contributed by atoms with Gasteiger partial charge in [0.15, 0.2) is 5.82 Å². The molecule has 2 aromatic rings. The Labute approximate surface area is 124 Å². The molecule has 5 heteroatoms. The largest absolute Gasteiger partial charge is 0.383 e. The zero-order valence-electron chi connectivity index (χ0n) is 12.8. The van der Waals surface area contributed by atoms with Crippen molar-refractivity contribution in [2.75, 3.05) is 5.73 Å². The molecule has 0 atom stereocenters. The number of amides is 1. The zero-order valence-corrected chi connectivity index (χ0v) is 12.8. The van der Waals surface area contributed by atoms with Crippen molar-refractivity contribution in [3.05, 3.63) is 41.6 Å². The fourth-order valence-electron chi connectivity index (χ4n) is 1.82. The molecule has 21 heavy (non-hydrogen) atoms. The molecule has 1 heterocycles. The van der Waals surface area contributed by atoms with Gasteiger partial charge in [-0.25, -0.2) is 9.97 Å². The average Bonchev–Trinajstić information content (AvgIpc) is 2.37.